The van der Waals surface area contributed by atoms with Crippen LogP contribution in [-0.4, -0.2) is 0 Å². The highest BCUT2D eigenvalue weighted by molar-refractivity contribution is 8.03. The first-order valence-corrected chi connectivity index (χ1v) is 18.3. The minimum atomic E-state index is 0.837. The Morgan fingerprint density at radius 1 is 0.500 bits per heavy atom. The van der Waals surface area contributed by atoms with Crippen molar-refractivity contribution in [1.82, 2.24) is 0 Å². The summed E-state index contributed by atoms with van der Waals surface area (Å²) in [6.07, 6.45) is 28.3. The molecule has 6 rings (SSSR count). The van der Waals surface area contributed by atoms with Gasteiger partial charge in [0.2, 0.25) is 0 Å². The summed E-state index contributed by atoms with van der Waals surface area (Å²) in [6, 6.07) is 22.3. The lowest BCUT2D eigenvalue weighted by atomic mass is 9.64. The van der Waals surface area contributed by atoms with Gasteiger partial charge in [0.05, 0.1) is 0 Å². The summed E-state index contributed by atoms with van der Waals surface area (Å²) >= 11 is 4.13. The van der Waals surface area contributed by atoms with Crippen molar-refractivity contribution in [2.45, 2.75) is 113 Å². The van der Waals surface area contributed by atoms with Crippen LogP contribution in [0.2, 0.25) is 0 Å². The maximum atomic E-state index is 2.78. The average Bonchev–Trinajstić information content (AvgIpc) is 2.96. The van der Waals surface area contributed by atoms with Crippen LogP contribution in [0.15, 0.2) is 92.4 Å². The molecule has 0 atom stereocenters. The second-order valence-electron chi connectivity index (χ2n) is 13.2. The average molecular weight is 571 g/mol. The zero-order chi connectivity index (χ0) is 27.0. The van der Waals surface area contributed by atoms with Gasteiger partial charge in [0.15, 0.2) is 0 Å². The smallest absolute Gasteiger partial charge is 0.0118 e. The van der Waals surface area contributed by atoms with E-state index in [-0.39, 0.29) is 0 Å². The maximum Gasteiger partial charge on any atom is 0.0118 e. The second-order valence-corrected chi connectivity index (χ2v) is 15.6. The summed E-state index contributed by atoms with van der Waals surface area (Å²) in [6.45, 7) is 0. The van der Waals surface area contributed by atoms with Gasteiger partial charge < -0.3 is 0 Å². The van der Waals surface area contributed by atoms with Crippen molar-refractivity contribution in [2.24, 2.45) is 35.5 Å². The number of hydrogen-bond acceptors (Lipinski definition) is 2. The minimum absolute atomic E-state index is 0.837. The van der Waals surface area contributed by atoms with Crippen LogP contribution in [-0.2, 0) is 0 Å². The van der Waals surface area contributed by atoms with E-state index < -0.39 is 0 Å². The zero-order valence-electron chi connectivity index (χ0n) is 24.5. The number of rotatable bonds is 11. The van der Waals surface area contributed by atoms with Crippen molar-refractivity contribution in [3.63, 3.8) is 0 Å². The number of fused-ring (bicyclic) bond motifs is 4. The molecule has 0 unspecified atom stereocenters. The first kappa shape index (κ1) is 28.7. The monoisotopic (exact) mass is 570 g/mol. The van der Waals surface area contributed by atoms with Gasteiger partial charge in [0, 0.05) is 9.79 Å². The zero-order valence-corrected chi connectivity index (χ0v) is 26.2. The van der Waals surface area contributed by atoms with Crippen LogP contribution in [0.25, 0.3) is 0 Å². The Bertz CT molecular complexity index is 969. The number of hydrogen-bond donors (Lipinski definition) is 0. The van der Waals surface area contributed by atoms with E-state index in [0.717, 1.165) is 35.5 Å². The third kappa shape index (κ3) is 7.71. The third-order valence-corrected chi connectivity index (χ3v) is 12.8. The highest BCUT2D eigenvalue weighted by Gasteiger charge is 2.36. The summed E-state index contributed by atoms with van der Waals surface area (Å²) in [5.41, 5.74) is 0. The highest BCUT2D eigenvalue weighted by atomic mass is 32.2. The molecular formula is C38H50S2. The summed E-state index contributed by atoms with van der Waals surface area (Å²) in [5.74, 6) is 5.47. The fourth-order valence-corrected chi connectivity index (χ4v) is 10.8. The Balaban J connectivity index is 1.13. The molecule has 0 amide bonds. The fraction of sp³-hybridized carbons (Fsp3) is 0.579. The Morgan fingerprint density at radius 2 is 0.825 bits per heavy atom. The number of thioether (sulfide) groups is 2. The SMILES string of the molecule is C(=C(\CCCC/C(=C\C1C2CCCC1CCC2)Sc1ccccc1)Sc1ccccc1)/C1C2CCCC1CCC2. The molecule has 4 aliphatic rings. The predicted octanol–water partition coefficient (Wildman–Crippen LogP) is 12.3. The number of unbranched alkanes of at least 4 members (excludes halogenated alkanes) is 1. The van der Waals surface area contributed by atoms with Gasteiger partial charge in [-0.25, -0.2) is 0 Å². The molecule has 40 heavy (non-hydrogen) atoms. The maximum absolute atomic E-state index is 2.78. The molecule has 214 valence electrons. The molecule has 0 aliphatic heterocycles. The molecule has 4 bridgehead atoms. The molecule has 0 aromatic heterocycles. The van der Waals surface area contributed by atoms with Gasteiger partial charge in [-0.2, -0.15) is 0 Å². The molecule has 4 aliphatic carbocycles. The molecule has 4 saturated carbocycles. The van der Waals surface area contributed by atoms with E-state index >= 15 is 0 Å². The quantitative estimate of drug-likeness (QED) is 0.195. The van der Waals surface area contributed by atoms with E-state index in [0.29, 0.717) is 0 Å². The van der Waals surface area contributed by atoms with Gasteiger partial charge >= 0.3 is 0 Å². The normalized spacial score (nSPS) is 30.7. The third-order valence-electron chi connectivity index (χ3n) is 10.6. The van der Waals surface area contributed by atoms with Crippen molar-refractivity contribution in [3.8, 4) is 0 Å². The number of allylic oxidation sites excluding steroid dienone is 4. The van der Waals surface area contributed by atoms with E-state index in [9.17, 15) is 0 Å². The fourth-order valence-electron chi connectivity index (χ4n) is 8.64. The van der Waals surface area contributed by atoms with Crippen molar-refractivity contribution >= 4 is 23.5 Å². The molecule has 2 heteroatoms. The molecule has 0 saturated heterocycles. The molecule has 0 radical (unpaired) electrons. The summed E-state index contributed by atoms with van der Waals surface area (Å²) in [7, 11) is 0. The summed E-state index contributed by atoms with van der Waals surface area (Å²) in [4.78, 5) is 6.13. The van der Waals surface area contributed by atoms with Crippen molar-refractivity contribution in [2.75, 3.05) is 0 Å². The lowest BCUT2D eigenvalue weighted by Crippen LogP contribution is -2.31. The van der Waals surface area contributed by atoms with Crippen LogP contribution in [0.1, 0.15) is 103 Å². The van der Waals surface area contributed by atoms with E-state index in [4.69, 9.17) is 0 Å². The molecule has 0 spiro atoms. The van der Waals surface area contributed by atoms with Crippen LogP contribution in [0.5, 0.6) is 0 Å². The second kappa shape index (κ2) is 14.7. The van der Waals surface area contributed by atoms with Gasteiger partial charge in [0.1, 0.15) is 0 Å². The molecule has 0 N–H and O–H groups in total. The predicted molar refractivity (Wildman–Crippen MR) is 176 cm³/mol. The first-order valence-electron chi connectivity index (χ1n) is 16.7. The topological polar surface area (TPSA) is 0 Å². The Kier molecular flexibility index (Phi) is 10.5. The minimum Gasteiger partial charge on any atom is -0.0949 e. The van der Waals surface area contributed by atoms with Crippen LogP contribution in [0.3, 0.4) is 0 Å². The Labute approximate surface area is 253 Å². The van der Waals surface area contributed by atoms with E-state index in [1.807, 2.05) is 0 Å². The molecule has 2 aromatic carbocycles. The van der Waals surface area contributed by atoms with Gasteiger partial charge in [0.25, 0.3) is 0 Å². The van der Waals surface area contributed by atoms with Gasteiger partial charge in [-0.05, 0) is 147 Å². The van der Waals surface area contributed by atoms with Crippen LogP contribution in [0, 0.1) is 35.5 Å². The molecule has 4 fully saturated rings. The Hall–Kier alpha value is -1.38. The lowest BCUT2D eigenvalue weighted by molar-refractivity contribution is 0.128. The summed E-state index contributed by atoms with van der Waals surface area (Å²) < 4.78 is 0. The molecule has 2 aromatic rings. The number of benzene rings is 2. The van der Waals surface area contributed by atoms with Crippen molar-refractivity contribution in [1.29, 1.82) is 0 Å². The molecule has 0 nitrogen and oxygen atoms in total. The molecular weight excluding hydrogens is 521 g/mol. The highest BCUT2D eigenvalue weighted by Crippen LogP contribution is 2.48. The first-order chi connectivity index (χ1) is 19.8. The largest absolute Gasteiger partial charge is 0.0949 e. The van der Waals surface area contributed by atoms with Gasteiger partial charge in [-0.15, -0.1) is 0 Å². The Morgan fingerprint density at radius 3 is 1.15 bits per heavy atom. The van der Waals surface area contributed by atoms with Gasteiger partial charge in [-0.1, -0.05) is 97.8 Å². The molecule has 0 heterocycles. The van der Waals surface area contributed by atoms with Crippen LogP contribution in [0.4, 0.5) is 0 Å². The van der Waals surface area contributed by atoms with Gasteiger partial charge in [-0.3, -0.25) is 0 Å². The van der Waals surface area contributed by atoms with Crippen LogP contribution >= 0.6 is 23.5 Å². The van der Waals surface area contributed by atoms with Crippen LogP contribution < -0.4 is 0 Å². The van der Waals surface area contributed by atoms with E-state index in [2.05, 4.69) is 96.3 Å². The standard InChI is InChI=1S/C38H50S2/c1-3-21-33(22-4-1)39-35(27-37-29-13-9-14-30(37)16-10-15-29)25-7-8-26-36(40-34-23-5-2-6-24-34)28-38-31-17-11-18-32(38)20-12-19-31/h1-6,21-24,27-32,37-38H,7-20,25-26H2/b35-27-,36-28+. The van der Waals surface area contributed by atoms with E-state index in [1.165, 1.54) is 113 Å². The lowest BCUT2D eigenvalue weighted by Gasteiger charge is -2.41. The summed E-state index contributed by atoms with van der Waals surface area (Å²) in [5, 5.41) is 0. The van der Waals surface area contributed by atoms with Crippen molar-refractivity contribution < 1.29 is 0 Å². The van der Waals surface area contributed by atoms with E-state index in [1.54, 1.807) is 9.81 Å². The van der Waals surface area contributed by atoms with Crippen molar-refractivity contribution in [3.05, 3.63) is 82.6 Å².